The van der Waals surface area contributed by atoms with E-state index in [1.807, 2.05) is 19.1 Å². The fourth-order valence-electron chi connectivity index (χ4n) is 2.00. The highest BCUT2D eigenvalue weighted by atomic mass is 19.4. The molecule has 21 heavy (non-hydrogen) atoms. The molecule has 2 aromatic rings. The van der Waals surface area contributed by atoms with Crippen LogP contribution in [0.3, 0.4) is 0 Å². The maximum Gasteiger partial charge on any atom is 0.435 e. The summed E-state index contributed by atoms with van der Waals surface area (Å²) in [5.74, 6) is 0.521. The summed E-state index contributed by atoms with van der Waals surface area (Å²) in [6.07, 6.45) is -4.49. The van der Waals surface area contributed by atoms with Gasteiger partial charge in [-0.25, -0.2) is 4.68 Å². The third-order valence-corrected chi connectivity index (χ3v) is 2.99. The summed E-state index contributed by atoms with van der Waals surface area (Å²) in [6.45, 7) is 1.99. The second-order valence-electron chi connectivity index (χ2n) is 4.71. The van der Waals surface area contributed by atoms with Crippen molar-refractivity contribution in [2.75, 3.05) is 6.54 Å². The molecule has 0 fully saturated rings. The van der Waals surface area contributed by atoms with Crippen molar-refractivity contribution in [1.29, 1.82) is 0 Å². The summed E-state index contributed by atoms with van der Waals surface area (Å²) in [4.78, 5) is 0. The Morgan fingerprint density at radius 2 is 1.86 bits per heavy atom. The number of aryl methyl sites for hydroxylation is 2. The second kappa shape index (κ2) is 5.77. The standard InChI is InChI=1S/C14H16F3N3O/c1-9-3-5-10(6-4-9)21-13-11(7-8-18)12(14(15,16)17)19-20(13)2/h3-6H,7-8,18H2,1-2H3. The molecule has 4 nitrogen and oxygen atoms in total. The molecule has 0 radical (unpaired) electrons. The van der Waals surface area contributed by atoms with Crippen LogP contribution in [0.15, 0.2) is 24.3 Å². The van der Waals surface area contributed by atoms with Crippen LogP contribution < -0.4 is 10.5 Å². The summed E-state index contributed by atoms with van der Waals surface area (Å²) in [7, 11) is 1.42. The molecule has 0 aliphatic carbocycles. The molecular formula is C14H16F3N3O. The fraction of sp³-hybridized carbons (Fsp3) is 0.357. The molecule has 0 aliphatic rings. The van der Waals surface area contributed by atoms with E-state index in [2.05, 4.69) is 5.10 Å². The quantitative estimate of drug-likeness (QED) is 0.944. The van der Waals surface area contributed by atoms with Crippen LogP contribution in [-0.2, 0) is 19.6 Å². The maximum atomic E-state index is 13.0. The van der Waals surface area contributed by atoms with Gasteiger partial charge in [-0.2, -0.15) is 18.3 Å². The Balaban J connectivity index is 2.42. The van der Waals surface area contributed by atoms with Crippen molar-refractivity contribution in [3.63, 3.8) is 0 Å². The van der Waals surface area contributed by atoms with Gasteiger partial charge in [-0.05, 0) is 32.0 Å². The van der Waals surface area contributed by atoms with Gasteiger partial charge in [0.1, 0.15) is 5.75 Å². The zero-order valence-electron chi connectivity index (χ0n) is 11.7. The Hall–Kier alpha value is -2.02. The SMILES string of the molecule is Cc1ccc(Oc2c(CCN)c(C(F)(F)F)nn2C)cc1. The fourth-order valence-corrected chi connectivity index (χ4v) is 2.00. The third-order valence-electron chi connectivity index (χ3n) is 2.99. The van der Waals surface area contributed by atoms with E-state index < -0.39 is 11.9 Å². The topological polar surface area (TPSA) is 53.1 Å². The molecule has 0 bridgehead atoms. The van der Waals surface area contributed by atoms with E-state index in [1.54, 1.807) is 12.1 Å². The lowest BCUT2D eigenvalue weighted by atomic mass is 10.1. The van der Waals surface area contributed by atoms with Crippen molar-refractivity contribution >= 4 is 0 Å². The minimum absolute atomic E-state index is 0.0203. The smallest absolute Gasteiger partial charge is 0.435 e. The molecule has 0 unspecified atom stereocenters. The molecule has 1 aromatic heterocycles. The van der Waals surface area contributed by atoms with E-state index in [1.165, 1.54) is 7.05 Å². The van der Waals surface area contributed by atoms with E-state index in [-0.39, 0.29) is 24.4 Å². The molecule has 114 valence electrons. The van der Waals surface area contributed by atoms with Crippen LogP contribution in [0.1, 0.15) is 16.8 Å². The highest BCUT2D eigenvalue weighted by molar-refractivity contribution is 5.38. The molecule has 1 aromatic carbocycles. The molecule has 0 aliphatic heterocycles. The van der Waals surface area contributed by atoms with Gasteiger partial charge in [0.25, 0.3) is 0 Å². The Kier molecular flexibility index (Phi) is 4.22. The van der Waals surface area contributed by atoms with Gasteiger partial charge in [0.15, 0.2) is 5.69 Å². The molecule has 0 saturated carbocycles. The number of alkyl halides is 3. The summed E-state index contributed by atoms with van der Waals surface area (Å²) < 4.78 is 45.6. The summed E-state index contributed by atoms with van der Waals surface area (Å²) >= 11 is 0. The van der Waals surface area contributed by atoms with E-state index in [0.717, 1.165) is 10.2 Å². The summed E-state index contributed by atoms with van der Waals surface area (Å²) in [5.41, 5.74) is 5.47. The number of nitrogens with zero attached hydrogens (tertiary/aromatic N) is 2. The van der Waals surface area contributed by atoms with Crippen molar-refractivity contribution in [2.45, 2.75) is 19.5 Å². The van der Waals surface area contributed by atoms with Crippen molar-refractivity contribution in [3.8, 4) is 11.6 Å². The van der Waals surface area contributed by atoms with Gasteiger partial charge in [0, 0.05) is 12.6 Å². The highest BCUT2D eigenvalue weighted by Crippen LogP contribution is 2.37. The predicted octanol–water partition coefficient (Wildman–Crippen LogP) is 3.04. The molecule has 7 heteroatoms. The first-order chi connectivity index (χ1) is 9.82. The van der Waals surface area contributed by atoms with Gasteiger partial charge < -0.3 is 10.5 Å². The molecule has 0 amide bonds. The first-order valence-electron chi connectivity index (χ1n) is 6.40. The van der Waals surface area contributed by atoms with Gasteiger partial charge in [-0.1, -0.05) is 17.7 Å². The van der Waals surface area contributed by atoms with Crippen molar-refractivity contribution < 1.29 is 17.9 Å². The van der Waals surface area contributed by atoms with E-state index in [4.69, 9.17) is 10.5 Å². The molecule has 2 N–H and O–H groups in total. The number of nitrogens with two attached hydrogens (primary N) is 1. The number of benzene rings is 1. The third kappa shape index (κ3) is 3.36. The Bertz CT molecular complexity index is 618. The minimum atomic E-state index is -4.53. The Morgan fingerprint density at radius 1 is 1.24 bits per heavy atom. The lowest BCUT2D eigenvalue weighted by Crippen LogP contribution is -2.12. The molecule has 0 spiro atoms. The van der Waals surface area contributed by atoms with Gasteiger partial charge in [-0.15, -0.1) is 0 Å². The van der Waals surface area contributed by atoms with E-state index in [9.17, 15) is 13.2 Å². The number of hydrogen-bond acceptors (Lipinski definition) is 3. The molecule has 2 rings (SSSR count). The summed E-state index contributed by atoms with van der Waals surface area (Å²) in [5, 5.41) is 3.53. The van der Waals surface area contributed by atoms with Crippen LogP contribution >= 0.6 is 0 Å². The zero-order chi connectivity index (χ0) is 15.6. The number of rotatable bonds is 4. The molecular weight excluding hydrogens is 283 g/mol. The number of halogens is 3. The van der Waals surface area contributed by atoms with Gasteiger partial charge in [-0.3, -0.25) is 0 Å². The monoisotopic (exact) mass is 299 g/mol. The van der Waals surface area contributed by atoms with Gasteiger partial charge >= 0.3 is 6.18 Å². The number of hydrogen-bond donors (Lipinski definition) is 1. The Labute approximate surface area is 120 Å². The van der Waals surface area contributed by atoms with Crippen LogP contribution in [0.25, 0.3) is 0 Å². The average Bonchev–Trinajstić information content (AvgIpc) is 2.70. The van der Waals surface area contributed by atoms with Gasteiger partial charge in [0.05, 0.1) is 0 Å². The highest BCUT2D eigenvalue weighted by Gasteiger charge is 2.39. The normalized spacial score (nSPS) is 11.7. The summed E-state index contributed by atoms with van der Waals surface area (Å²) in [6, 6.07) is 7.03. The van der Waals surface area contributed by atoms with Crippen molar-refractivity contribution in [1.82, 2.24) is 9.78 Å². The van der Waals surface area contributed by atoms with Crippen LogP contribution in [-0.4, -0.2) is 16.3 Å². The zero-order valence-corrected chi connectivity index (χ0v) is 11.7. The molecule has 0 saturated heterocycles. The predicted molar refractivity (Wildman–Crippen MR) is 72.2 cm³/mol. The van der Waals surface area contributed by atoms with Crippen molar-refractivity contribution in [2.24, 2.45) is 12.8 Å². The van der Waals surface area contributed by atoms with Crippen LogP contribution in [0.5, 0.6) is 11.6 Å². The first kappa shape index (κ1) is 15.4. The maximum absolute atomic E-state index is 13.0. The van der Waals surface area contributed by atoms with Gasteiger partial charge in [0.2, 0.25) is 5.88 Å². The van der Waals surface area contributed by atoms with Crippen LogP contribution in [0.2, 0.25) is 0 Å². The second-order valence-corrected chi connectivity index (χ2v) is 4.71. The molecule has 1 heterocycles. The van der Waals surface area contributed by atoms with E-state index in [0.29, 0.717) is 5.75 Å². The minimum Gasteiger partial charge on any atom is -0.439 e. The first-order valence-corrected chi connectivity index (χ1v) is 6.40. The number of ether oxygens (including phenoxy) is 1. The largest absolute Gasteiger partial charge is 0.439 e. The van der Waals surface area contributed by atoms with Crippen LogP contribution in [0, 0.1) is 6.92 Å². The lowest BCUT2D eigenvalue weighted by molar-refractivity contribution is -0.142. The number of aromatic nitrogens is 2. The average molecular weight is 299 g/mol. The molecule has 0 atom stereocenters. The lowest BCUT2D eigenvalue weighted by Gasteiger charge is -2.09. The Morgan fingerprint density at radius 3 is 2.38 bits per heavy atom. The van der Waals surface area contributed by atoms with Crippen molar-refractivity contribution in [3.05, 3.63) is 41.1 Å². The van der Waals surface area contributed by atoms with Crippen LogP contribution in [0.4, 0.5) is 13.2 Å². The van der Waals surface area contributed by atoms with E-state index >= 15 is 0 Å².